The molecule has 0 aliphatic rings. The van der Waals surface area contributed by atoms with E-state index >= 15 is 0 Å². The van der Waals surface area contributed by atoms with Crippen molar-refractivity contribution in [1.29, 1.82) is 0 Å². The van der Waals surface area contributed by atoms with E-state index in [-0.39, 0.29) is 27.9 Å². The number of halogens is 6. The predicted octanol–water partition coefficient (Wildman–Crippen LogP) is 5.98. The Hall–Kier alpha value is -3.95. The molecule has 10 heteroatoms. The number of benzene rings is 3. The van der Waals surface area contributed by atoms with Gasteiger partial charge in [-0.25, -0.2) is 4.98 Å². The molecule has 0 radical (unpaired) electrons. The van der Waals surface area contributed by atoms with Gasteiger partial charge in [0.1, 0.15) is 0 Å². The summed E-state index contributed by atoms with van der Waals surface area (Å²) in [6.45, 7) is 0. The molecule has 0 saturated heterocycles. The number of hydrogen-bond donors (Lipinski definition) is 0. The van der Waals surface area contributed by atoms with Gasteiger partial charge in [0.25, 0.3) is 5.56 Å². The Labute approximate surface area is 182 Å². The molecule has 3 aromatic carbocycles. The minimum absolute atomic E-state index is 0.0751. The summed E-state index contributed by atoms with van der Waals surface area (Å²) in [5.74, 6) is -0.245. The van der Waals surface area contributed by atoms with Crippen LogP contribution in [0.15, 0.2) is 82.7 Å². The SMILES string of the molecule is O=c1c2ccccc2nc(-c2cccc(C(F)(F)F)c2)n1N=Cc1ccccc1C(F)(F)F. The third-order valence-corrected chi connectivity index (χ3v) is 4.78. The normalized spacial score (nSPS) is 12.5. The summed E-state index contributed by atoms with van der Waals surface area (Å²) in [4.78, 5) is 17.3. The molecule has 33 heavy (non-hydrogen) atoms. The second-order valence-electron chi connectivity index (χ2n) is 6.98. The molecule has 0 aliphatic heterocycles. The van der Waals surface area contributed by atoms with Crippen molar-refractivity contribution in [2.24, 2.45) is 5.10 Å². The highest BCUT2D eigenvalue weighted by molar-refractivity contribution is 5.83. The first-order valence-electron chi connectivity index (χ1n) is 9.46. The highest BCUT2D eigenvalue weighted by Gasteiger charge is 2.33. The zero-order valence-electron chi connectivity index (χ0n) is 16.5. The number of para-hydroxylation sites is 1. The zero-order chi connectivity index (χ0) is 23.8. The molecule has 1 heterocycles. The van der Waals surface area contributed by atoms with Gasteiger partial charge in [-0.2, -0.15) is 36.1 Å². The topological polar surface area (TPSA) is 47.2 Å². The van der Waals surface area contributed by atoms with Crippen LogP contribution in [0.3, 0.4) is 0 Å². The van der Waals surface area contributed by atoms with Crippen molar-refractivity contribution in [1.82, 2.24) is 9.66 Å². The fraction of sp³-hybridized carbons (Fsp3) is 0.0870. The average Bonchev–Trinajstić information content (AvgIpc) is 2.77. The van der Waals surface area contributed by atoms with Gasteiger partial charge in [-0.3, -0.25) is 4.79 Å². The fourth-order valence-corrected chi connectivity index (χ4v) is 3.24. The van der Waals surface area contributed by atoms with E-state index in [1.54, 1.807) is 12.1 Å². The summed E-state index contributed by atoms with van der Waals surface area (Å²) in [7, 11) is 0. The van der Waals surface area contributed by atoms with Crippen LogP contribution in [-0.2, 0) is 12.4 Å². The van der Waals surface area contributed by atoms with Crippen LogP contribution >= 0.6 is 0 Å². The second kappa shape index (κ2) is 8.19. The van der Waals surface area contributed by atoms with Crippen LogP contribution in [-0.4, -0.2) is 15.9 Å². The van der Waals surface area contributed by atoms with E-state index in [0.29, 0.717) is 4.68 Å². The number of fused-ring (bicyclic) bond motifs is 1. The quantitative estimate of drug-likeness (QED) is 0.278. The van der Waals surface area contributed by atoms with Crippen LogP contribution in [0.4, 0.5) is 26.3 Å². The standard InChI is InChI=1S/C23H13F6N3O/c24-22(25,26)16-8-5-7-14(12-16)20-31-19-11-4-2-9-17(19)21(33)32(20)30-13-15-6-1-3-10-18(15)23(27,28)29/h1-13H. The van der Waals surface area contributed by atoms with Crippen LogP contribution in [0.2, 0.25) is 0 Å². The second-order valence-corrected chi connectivity index (χ2v) is 6.98. The van der Waals surface area contributed by atoms with Gasteiger partial charge in [-0.15, -0.1) is 0 Å². The average molecular weight is 461 g/mol. The molecule has 0 spiro atoms. The highest BCUT2D eigenvalue weighted by Crippen LogP contribution is 2.33. The van der Waals surface area contributed by atoms with Crippen LogP contribution in [0.25, 0.3) is 22.3 Å². The maximum Gasteiger partial charge on any atom is 0.417 e. The Morgan fingerprint density at radius 2 is 1.52 bits per heavy atom. The van der Waals surface area contributed by atoms with E-state index in [1.165, 1.54) is 30.3 Å². The summed E-state index contributed by atoms with van der Waals surface area (Å²) in [6.07, 6.45) is -8.48. The van der Waals surface area contributed by atoms with Crippen LogP contribution in [0.1, 0.15) is 16.7 Å². The molecule has 0 amide bonds. The van der Waals surface area contributed by atoms with Crippen molar-refractivity contribution in [3.8, 4) is 11.4 Å². The molecular weight excluding hydrogens is 448 g/mol. The minimum Gasteiger partial charge on any atom is -0.267 e. The van der Waals surface area contributed by atoms with E-state index in [1.807, 2.05) is 0 Å². The van der Waals surface area contributed by atoms with Crippen molar-refractivity contribution in [2.75, 3.05) is 0 Å². The summed E-state index contributed by atoms with van der Waals surface area (Å²) in [5.41, 5.74) is -2.88. The van der Waals surface area contributed by atoms with Crippen molar-refractivity contribution < 1.29 is 26.3 Å². The van der Waals surface area contributed by atoms with Gasteiger partial charge < -0.3 is 0 Å². The molecular formula is C23H13F6N3O. The van der Waals surface area contributed by atoms with Gasteiger partial charge in [0, 0.05) is 11.1 Å². The molecule has 4 rings (SSSR count). The van der Waals surface area contributed by atoms with E-state index in [0.717, 1.165) is 36.5 Å². The van der Waals surface area contributed by atoms with Gasteiger partial charge in [0.15, 0.2) is 5.82 Å². The zero-order valence-corrected chi connectivity index (χ0v) is 16.5. The smallest absolute Gasteiger partial charge is 0.267 e. The highest BCUT2D eigenvalue weighted by atomic mass is 19.4. The van der Waals surface area contributed by atoms with Gasteiger partial charge in [0.05, 0.1) is 28.2 Å². The van der Waals surface area contributed by atoms with Gasteiger partial charge >= 0.3 is 12.4 Å². The van der Waals surface area contributed by atoms with Crippen molar-refractivity contribution in [3.05, 3.63) is 99.8 Å². The number of nitrogens with zero attached hydrogens (tertiary/aromatic N) is 3. The fourth-order valence-electron chi connectivity index (χ4n) is 3.24. The molecule has 0 aliphatic carbocycles. The Bertz CT molecular complexity index is 1420. The van der Waals surface area contributed by atoms with Gasteiger partial charge in [0.2, 0.25) is 0 Å². The summed E-state index contributed by atoms with van der Waals surface area (Å²) in [5, 5.41) is 4.01. The first kappa shape index (κ1) is 22.3. The number of alkyl halides is 6. The molecule has 0 fully saturated rings. The molecule has 0 bridgehead atoms. The summed E-state index contributed by atoms with van der Waals surface area (Å²) in [6, 6.07) is 14.8. The molecule has 0 N–H and O–H groups in total. The Balaban J connectivity index is 1.95. The van der Waals surface area contributed by atoms with E-state index < -0.39 is 29.0 Å². The minimum atomic E-state index is -4.67. The lowest BCUT2D eigenvalue weighted by molar-refractivity contribution is -0.138. The van der Waals surface area contributed by atoms with E-state index in [2.05, 4.69) is 10.1 Å². The molecule has 0 saturated carbocycles. The number of rotatable bonds is 3. The van der Waals surface area contributed by atoms with Gasteiger partial charge in [-0.1, -0.05) is 42.5 Å². The number of aromatic nitrogens is 2. The van der Waals surface area contributed by atoms with E-state index in [9.17, 15) is 31.1 Å². The van der Waals surface area contributed by atoms with Crippen molar-refractivity contribution >= 4 is 17.1 Å². The molecule has 4 nitrogen and oxygen atoms in total. The lowest BCUT2D eigenvalue weighted by atomic mass is 10.1. The largest absolute Gasteiger partial charge is 0.417 e. The van der Waals surface area contributed by atoms with Crippen LogP contribution in [0, 0.1) is 0 Å². The first-order chi connectivity index (χ1) is 15.6. The number of hydrogen-bond acceptors (Lipinski definition) is 3. The van der Waals surface area contributed by atoms with Crippen LogP contribution in [0.5, 0.6) is 0 Å². The monoisotopic (exact) mass is 461 g/mol. The Morgan fingerprint density at radius 3 is 2.24 bits per heavy atom. The summed E-state index contributed by atoms with van der Waals surface area (Å²) >= 11 is 0. The molecule has 0 atom stereocenters. The van der Waals surface area contributed by atoms with Crippen molar-refractivity contribution in [3.63, 3.8) is 0 Å². The first-order valence-corrected chi connectivity index (χ1v) is 9.46. The Morgan fingerprint density at radius 1 is 0.818 bits per heavy atom. The molecule has 1 aromatic heterocycles. The maximum absolute atomic E-state index is 13.3. The summed E-state index contributed by atoms with van der Waals surface area (Å²) < 4.78 is 80.3. The predicted molar refractivity (Wildman–Crippen MR) is 111 cm³/mol. The third-order valence-electron chi connectivity index (χ3n) is 4.78. The molecule has 168 valence electrons. The Kier molecular flexibility index (Phi) is 5.52. The van der Waals surface area contributed by atoms with Crippen molar-refractivity contribution in [2.45, 2.75) is 12.4 Å². The van der Waals surface area contributed by atoms with E-state index in [4.69, 9.17) is 0 Å². The lowest BCUT2D eigenvalue weighted by Crippen LogP contribution is -2.21. The lowest BCUT2D eigenvalue weighted by Gasteiger charge is -2.12. The molecule has 4 aromatic rings. The maximum atomic E-state index is 13.3. The van der Waals surface area contributed by atoms with Gasteiger partial charge in [-0.05, 0) is 30.3 Å². The molecule has 0 unspecified atom stereocenters. The van der Waals surface area contributed by atoms with Crippen LogP contribution < -0.4 is 5.56 Å². The third kappa shape index (κ3) is 4.50.